The zero-order chi connectivity index (χ0) is 24.2. The monoisotopic (exact) mass is 479 g/mol. The molecule has 2 N–H and O–H groups in total. The van der Waals surface area contributed by atoms with Crippen LogP contribution in [-0.2, 0) is 23.9 Å². The van der Waals surface area contributed by atoms with E-state index < -0.39 is 12.1 Å². The lowest BCUT2D eigenvalue weighted by Crippen LogP contribution is -2.73. The minimum absolute atomic E-state index is 0.0514. The van der Waals surface area contributed by atoms with Crippen LogP contribution >= 0.6 is 0 Å². The minimum Gasteiger partial charge on any atom is -0.475 e. The van der Waals surface area contributed by atoms with Gasteiger partial charge in [-0.25, -0.2) is 4.79 Å². The van der Waals surface area contributed by atoms with Crippen LogP contribution in [0.4, 0.5) is 13.2 Å². The molecule has 0 radical (unpaired) electrons. The number of nitrogens with zero attached hydrogens (tertiary/aromatic N) is 2. The smallest absolute Gasteiger partial charge is 0.475 e. The molecule has 9 nitrogen and oxygen atoms in total. The Morgan fingerprint density at radius 3 is 2.18 bits per heavy atom. The fourth-order valence-electron chi connectivity index (χ4n) is 4.49. The molecule has 3 saturated heterocycles. The third-order valence-electron chi connectivity index (χ3n) is 6.79. The molecular formula is C21H32F3N3O6. The van der Waals surface area contributed by atoms with Crippen LogP contribution in [0.3, 0.4) is 0 Å². The lowest BCUT2D eigenvalue weighted by Gasteiger charge is -2.55. The lowest BCUT2D eigenvalue weighted by molar-refractivity contribution is -0.204. The molecule has 1 spiro atoms. The Hall–Kier alpha value is -1.92. The molecule has 3 aliphatic heterocycles. The standard InChI is InChI=1S/C19H31N3O4.C2HF3O2/c1-21-11-19(12-22(13-19)18(24)15-3-2-4-15)26-10-16(21)17(23)20-9-14-5-7-25-8-6-14;3-2(4,5)1(6)7/h14-16H,2-13H2,1H3,(H,20,23);(H,6,7). The zero-order valence-electron chi connectivity index (χ0n) is 18.7. The van der Waals surface area contributed by atoms with Gasteiger partial charge in [0.1, 0.15) is 11.6 Å². The highest BCUT2D eigenvalue weighted by atomic mass is 19.4. The van der Waals surface area contributed by atoms with E-state index in [0.717, 1.165) is 45.4 Å². The maximum absolute atomic E-state index is 12.5. The number of hydrogen-bond acceptors (Lipinski definition) is 6. The summed E-state index contributed by atoms with van der Waals surface area (Å²) in [5.74, 6) is -1.64. The van der Waals surface area contributed by atoms with Crippen LogP contribution in [0.15, 0.2) is 0 Å². The van der Waals surface area contributed by atoms with Crippen molar-refractivity contribution in [3.63, 3.8) is 0 Å². The number of alkyl halides is 3. The molecule has 0 aromatic heterocycles. The average molecular weight is 479 g/mol. The summed E-state index contributed by atoms with van der Waals surface area (Å²) in [7, 11) is 1.99. The molecule has 12 heteroatoms. The van der Waals surface area contributed by atoms with Crippen LogP contribution in [0.2, 0.25) is 0 Å². The largest absolute Gasteiger partial charge is 0.490 e. The van der Waals surface area contributed by atoms with Crippen molar-refractivity contribution in [2.45, 2.75) is 49.9 Å². The lowest BCUT2D eigenvalue weighted by atomic mass is 9.81. The van der Waals surface area contributed by atoms with Gasteiger partial charge in [-0.3, -0.25) is 14.5 Å². The highest BCUT2D eigenvalue weighted by Gasteiger charge is 2.52. The van der Waals surface area contributed by atoms with Gasteiger partial charge in [0.05, 0.1) is 19.7 Å². The first-order valence-electron chi connectivity index (χ1n) is 11.3. The molecule has 0 aromatic carbocycles. The SMILES string of the molecule is CN1CC2(CN(C(=O)C3CCC3)C2)OCC1C(=O)NCC1CCOCC1.O=C(O)C(F)(F)F. The molecule has 3 heterocycles. The molecule has 0 bridgehead atoms. The summed E-state index contributed by atoms with van der Waals surface area (Å²) < 4.78 is 43.2. The van der Waals surface area contributed by atoms with Crippen molar-refractivity contribution in [2.24, 2.45) is 11.8 Å². The van der Waals surface area contributed by atoms with E-state index in [4.69, 9.17) is 19.4 Å². The van der Waals surface area contributed by atoms with Crippen molar-refractivity contribution in [3.8, 4) is 0 Å². The Morgan fingerprint density at radius 1 is 1.09 bits per heavy atom. The minimum atomic E-state index is -5.08. The molecule has 4 aliphatic rings. The number of carbonyl (C=O) groups is 3. The van der Waals surface area contributed by atoms with Gasteiger partial charge < -0.3 is 24.8 Å². The van der Waals surface area contributed by atoms with Crippen LogP contribution in [0.5, 0.6) is 0 Å². The normalized spacial score (nSPS) is 25.9. The van der Waals surface area contributed by atoms with Gasteiger partial charge in [0.2, 0.25) is 11.8 Å². The van der Waals surface area contributed by atoms with Gasteiger partial charge in [-0.2, -0.15) is 13.2 Å². The number of carboxylic acid groups (broad SMARTS) is 1. The second-order valence-electron chi connectivity index (χ2n) is 9.35. The Bertz CT molecular complexity index is 719. The maximum Gasteiger partial charge on any atom is 0.490 e. The average Bonchev–Trinajstić information content (AvgIpc) is 2.69. The third kappa shape index (κ3) is 6.57. The number of ether oxygens (including phenoxy) is 2. The number of carbonyl (C=O) groups excluding carboxylic acids is 2. The number of aliphatic carboxylic acids is 1. The second-order valence-corrected chi connectivity index (χ2v) is 9.35. The Kier molecular flexibility index (Phi) is 8.22. The highest BCUT2D eigenvalue weighted by Crippen LogP contribution is 2.35. The van der Waals surface area contributed by atoms with Gasteiger partial charge in [0, 0.05) is 32.2 Å². The second kappa shape index (κ2) is 10.6. The van der Waals surface area contributed by atoms with E-state index >= 15 is 0 Å². The van der Waals surface area contributed by atoms with Crippen LogP contribution < -0.4 is 5.32 Å². The molecule has 1 atom stereocenters. The van der Waals surface area contributed by atoms with Crippen LogP contribution in [0, 0.1) is 11.8 Å². The fourth-order valence-corrected chi connectivity index (χ4v) is 4.49. The van der Waals surface area contributed by atoms with Crippen molar-refractivity contribution in [2.75, 3.05) is 53.0 Å². The summed E-state index contributed by atoms with van der Waals surface area (Å²) >= 11 is 0. The molecule has 1 saturated carbocycles. The van der Waals surface area contributed by atoms with Gasteiger partial charge in [0.25, 0.3) is 0 Å². The van der Waals surface area contributed by atoms with Gasteiger partial charge in [-0.05, 0) is 38.6 Å². The summed E-state index contributed by atoms with van der Waals surface area (Å²) in [5.41, 5.74) is -0.272. The van der Waals surface area contributed by atoms with E-state index in [1.807, 2.05) is 11.9 Å². The van der Waals surface area contributed by atoms with Gasteiger partial charge in [-0.15, -0.1) is 0 Å². The van der Waals surface area contributed by atoms with E-state index in [0.29, 0.717) is 38.1 Å². The predicted molar refractivity (Wildman–Crippen MR) is 109 cm³/mol. The summed E-state index contributed by atoms with van der Waals surface area (Å²) in [6.07, 6.45) is 0.215. The van der Waals surface area contributed by atoms with Crippen molar-refractivity contribution >= 4 is 17.8 Å². The first-order valence-corrected chi connectivity index (χ1v) is 11.3. The summed E-state index contributed by atoms with van der Waals surface area (Å²) in [5, 5.41) is 10.2. The number of likely N-dealkylation sites (N-methyl/N-ethyl adjacent to an activating group) is 1. The molecule has 188 valence electrons. The van der Waals surface area contributed by atoms with Crippen molar-refractivity contribution in [1.29, 1.82) is 0 Å². The van der Waals surface area contributed by atoms with Gasteiger partial charge >= 0.3 is 12.1 Å². The van der Waals surface area contributed by atoms with Crippen molar-refractivity contribution in [1.82, 2.24) is 15.1 Å². The quantitative estimate of drug-likeness (QED) is 0.616. The number of hydrogen-bond donors (Lipinski definition) is 2. The topological polar surface area (TPSA) is 108 Å². The number of carboxylic acids is 1. The number of amides is 2. The first kappa shape index (κ1) is 25.7. The van der Waals surface area contributed by atoms with Crippen molar-refractivity contribution in [3.05, 3.63) is 0 Å². The summed E-state index contributed by atoms with van der Waals surface area (Å²) in [6, 6.07) is -0.239. The Labute approximate surface area is 190 Å². The number of nitrogens with one attached hydrogen (secondary N) is 1. The Balaban J connectivity index is 0.000000383. The fraction of sp³-hybridized carbons (Fsp3) is 0.857. The molecule has 1 aliphatic carbocycles. The van der Waals surface area contributed by atoms with Gasteiger partial charge in [-0.1, -0.05) is 6.42 Å². The maximum atomic E-state index is 12.5. The Morgan fingerprint density at radius 2 is 1.70 bits per heavy atom. The van der Waals surface area contributed by atoms with E-state index in [1.54, 1.807) is 0 Å². The van der Waals surface area contributed by atoms with E-state index in [-0.39, 0.29) is 23.5 Å². The summed E-state index contributed by atoms with van der Waals surface area (Å²) in [6.45, 7) is 4.77. The number of likely N-dealkylation sites (tertiary alicyclic amines) is 1. The molecule has 0 aromatic rings. The molecule has 1 unspecified atom stereocenters. The molecule has 33 heavy (non-hydrogen) atoms. The van der Waals surface area contributed by atoms with Crippen LogP contribution in [-0.4, -0.2) is 104 Å². The number of halogens is 3. The number of morpholine rings is 1. The molecule has 2 amide bonds. The predicted octanol–water partition coefficient (Wildman–Crippen LogP) is 0.874. The van der Waals surface area contributed by atoms with E-state index in [1.165, 1.54) is 6.42 Å². The third-order valence-corrected chi connectivity index (χ3v) is 6.79. The van der Waals surface area contributed by atoms with Gasteiger partial charge in [0.15, 0.2) is 0 Å². The van der Waals surface area contributed by atoms with E-state index in [9.17, 15) is 22.8 Å². The van der Waals surface area contributed by atoms with Crippen LogP contribution in [0.1, 0.15) is 32.1 Å². The van der Waals surface area contributed by atoms with Crippen molar-refractivity contribution < 1.29 is 42.1 Å². The number of rotatable bonds is 4. The van der Waals surface area contributed by atoms with Crippen LogP contribution in [0.25, 0.3) is 0 Å². The first-order chi connectivity index (χ1) is 15.5. The highest BCUT2D eigenvalue weighted by molar-refractivity contribution is 5.82. The molecule has 4 fully saturated rings. The van der Waals surface area contributed by atoms with E-state index in [2.05, 4.69) is 10.2 Å². The zero-order valence-corrected chi connectivity index (χ0v) is 18.7. The molecule has 4 rings (SSSR count). The summed E-state index contributed by atoms with van der Waals surface area (Å²) in [4.78, 5) is 37.8. The molecular weight excluding hydrogens is 447 g/mol.